The van der Waals surface area contributed by atoms with Crippen molar-refractivity contribution >= 4 is 6.29 Å². The minimum Gasteiger partial charge on any atom is -0.306 e. The smallest absolute Gasteiger partial charge is 0.306 e. The van der Waals surface area contributed by atoms with Crippen molar-refractivity contribution in [2.75, 3.05) is 33.7 Å². The van der Waals surface area contributed by atoms with Crippen LogP contribution in [0.4, 0.5) is 13.2 Å². The van der Waals surface area contributed by atoms with Crippen LogP contribution in [0.5, 0.6) is 0 Å². The monoisotopic (exact) mass is 434 g/mol. The number of likely N-dealkylation sites (tertiary alicyclic amines) is 1. The third-order valence-corrected chi connectivity index (χ3v) is 6.91. The largest absolute Gasteiger partial charge is 0.416 e. The Morgan fingerprint density at radius 2 is 1.77 bits per heavy atom. The van der Waals surface area contributed by atoms with Gasteiger partial charge in [-0.25, -0.2) is 0 Å². The van der Waals surface area contributed by atoms with Crippen LogP contribution in [0.3, 0.4) is 0 Å². The Morgan fingerprint density at radius 1 is 1.10 bits per heavy atom. The van der Waals surface area contributed by atoms with Gasteiger partial charge in [-0.15, -0.1) is 0 Å². The van der Waals surface area contributed by atoms with Gasteiger partial charge in [0.2, 0.25) is 0 Å². The highest BCUT2D eigenvalue weighted by Crippen LogP contribution is 2.48. The average molecular weight is 435 g/mol. The highest BCUT2D eigenvalue weighted by Gasteiger charge is 2.43. The van der Waals surface area contributed by atoms with Crippen LogP contribution in [0, 0.1) is 11.8 Å². The average Bonchev–Trinajstić information content (AvgIpc) is 3.39. The lowest BCUT2D eigenvalue weighted by Crippen LogP contribution is -2.26. The molecule has 5 rings (SSSR count). The molecule has 1 saturated heterocycles. The van der Waals surface area contributed by atoms with Crippen molar-refractivity contribution in [3.63, 3.8) is 0 Å². The zero-order chi connectivity index (χ0) is 22.2. The van der Waals surface area contributed by atoms with E-state index in [0.717, 1.165) is 63.0 Å². The highest BCUT2D eigenvalue weighted by molar-refractivity contribution is 5.74. The first-order valence-electron chi connectivity index (χ1n) is 10.8. The third kappa shape index (κ3) is 4.70. The van der Waals surface area contributed by atoms with Gasteiger partial charge < -0.3 is 9.80 Å². The summed E-state index contributed by atoms with van der Waals surface area (Å²) in [6, 6.07) is 6.09. The first-order chi connectivity index (χ1) is 14.8. The number of aldehydes is 1. The molecule has 2 aromatic rings. The van der Waals surface area contributed by atoms with E-state index in [1.165, 1.54) is 12.1 Å². The van der Waals surface area contributed by atoms with E-state index in [1.807, 2.05) is 0 Å². The van der Waals surface area contributed by atoms with E-state index in [1.54, 1.807) is 12.1 Å². The zero-order valence-corrected chi connectivity index (χ0v) is 18.0. The molecule has 31 heavy (non-hydrogen) atoms. The van der Waals surface area contributed by atoms with Crippen LogP contribution in [0.15, 0.2) is 24.3 Å². The van der Waals surface area contributed by atoms with Gasteiger partial charge in [-0.3, -0.25) is 9.89 Å². The summed E-state index contributed by atoms with van der Waals surface area (Å²) in [5, 5.41) is 6.82. The van der Waals surface area contributed by atoms with Crippen LogP contribution in [0.1, 0.15) is 51.6 Å². The summed E-state index contributed by atoms with van der Waals surface area (Å²) in [6.45, 7) is 3.95. The molecule has 1 saturated carbocycles. The SMILES string of the molecule is CN1CC2CC(c3ccccc3C(F)(F)F)CC2C1.CN1CCc2c(C=O)n[nH]c2C1. The summed E-state index contributed by atoms with van der Waals surface area (Å²) in [6.07, 6.45) is -0.674. The number of carbonyl (C=O) groups is 1. The van der Waals surface area contributed by atoms with Gasteiger partial charge in [0.05, 0.1) is 11.3 Å². The number of aromatic nitrogens is 2. The molecule has 1 aromatic heterocycles. The minimum absolute atomic E-state index is 0.0847. The lowest BCUT2D eigenvalue weighted by Gasteiger charge is -2.21. The molecular formula is C23H29F3N4O. The summed E-state index contributed by atoms with van der Waals surface area (Å²) in [7, 11) is 4.15. The van der Waals surface area contributed by atoms with E-state index < -0.39 is 11.7 Å². The fourth-order valence-electron chi connectivity index (χ4n) is 5.48. The van der Waals surface area contributed by atoms with Crippen LogP contribution in [0.25, 0.3) is 0 Å². The topological polar surface area (TPSA) is 52.2 Å². The van der Waals surface area contributed by atoms with Gasteiger partial charge in [0.1, 0.15) is 5.69 Å². The van der Waals surface area contributed by atoms with Gasteiger partial charge in [0.25, 0.3) is 0 Å². The van der Waals surface area contributed by atoms with Crippen LogP contribution in [-0.2, 0) is 19.1 Å². The summed E-state index contributed by atoms with van der Waals surface area (Å²) in [5.74, 6) is 1.24. The number of nitrogens with one attached hydrogen (secondary N) is 1. The van der Waals surface area contributed by atoms with Crippen molar-refractivity contribution in [3.05, 3.63) is 52.3 Å². The van der Waals surface area contributed by atoms with E-state index in [0.29, 0.717) is 23.1 Å². The van der Waals surface area contributed by atoms with Crippen molar-refractivity contribution in [1.82, 2.24) is 20.0 Å². The number of alkyl halides is 3. The Hall–Kier alpha value is -2.19. The van der Waals surface area contributed by atoms with Crippen molar-refractivity contribution < 1.29 is 18.0 Å². The Bertz CT molecular complexity index is 912. The highest BCUT2D eigenvalue weighted by atomic mass is 19.4. The second kappa shape index (κ2) is 8.74. The Morgan fingerprint density at radius 3 is 2.42 bits per heavy atom. The molecule has 168 valence electrons. The Labute approximate surface area is 180 Å². The molecule has 5 nitrogen and oxygen atoms in total. The molecule has 0 amide bonds. The quantitative estimate of drug-likeness (QED) is 0.727. The molecule has 2 aliphatic heterocycles. The number of hydrogen-bond acceptors (Lipinski definition) is 4. The molecule has 8 heteroatoms. The fraction of sp³-hybridized carbons (Fsp3) is 0.565. The van der Waals surface area contributed by atoms with Crippen molar-refractivity contribution in [2.45, 2.75) is 37.9 Å². The summed E-state index contributed by atoms with van der Waals surface area (Å²) >= 11 is 0. The number of carbonyl (C=O) groups excluding carboxylic acids is 1. The van der Waals surface area contributed by atoms with Crippen LogP contribution in [0.2, 0.25) is 0 Å². The van der Waals surface area contributed by atoms with Gasteiger partial charge in [-0.2, -0.15) is 18.3 Å². The maximum absolute atomic E-state index is 13.0. The third-order valence-electron chi connectivity index (χ3n) is 6.91. The molecule has 2 fully saturated rings. The predicted octanol–water partition coefficient (Wildman–Crippen LogP) is 3.97. The Balaban J connectivity index is 0.000000166. The number of benzene rings is 1. The van der Waals surface area contributed by atoms with E-state index >= 15 is 0 Å². The second-order valence-corrected chi connectivity index (χ2v) is 9.17. The van der Waals surface area contributed by atoms with Gasteiger partial charge in [-0.05, 0) is 62.7 Å². The Kier molecular flexibility index (Phi) is 6.21. The molecule has 3 aliphatic rings. The fourth-order valence-corrected chi connectivity index (χ4v) is 5.48. The molecule has 0 bridgehead atoms. The van der Waals surface area contributed by atoms with E-state index in [-0.39, 0.29) is 5.92 Å². The van der Waals surface area contributed by atoms with Gasteiger partial charge in [0, 0.05) is 31.7 Å². The van der Waals surface area contributed by atoms with Crippen molar-refractivity contribution in [2.24, 2.45) is 11.8 Å². The van der Waals surface area contributed by atoms with Crippen molar-refractivity contribution in [1.29, 1.82) is 0 Å². The molecule has 1 N–H and O–H groups in total. The zero-order valence-electron chi connectivity index (χ0n) is 18.0. The first-order valence-corrected chi connectivity index (χ1v) is 10.8. The number of H-pyrrole nitrogens is 1. The predicted molar refractivity (Wildman–Crippen MR) is 112 cm³/mol. The molecule has 0 radical (unpaired) electrons. The number of likely N-dealkylation sites (N-methyl/N-ethyl adjacent to an activating group) is 1. The summed E-state index contributed by atoms with van der Waals surface area (Å²) in [5.41, 5.74) is 2.84. The number of hydrogen-bond donors (Lipinski definition) is 1. The number of fused-ring (bicyclic) bond motifs is 2. The number of aromatic amines is 1. The standard InChI is InChI=1S/C15H18F3N.C8H11N3O/c1-19-8-11-6-10(7-12(11)9-19)13-4-2-3-5-14(13)15(16,17)18;1-11-3-2-6-7(4-11)9-10-8(6)5-12/h2-5,10-12H,6-9H2,1H3;5H,2-4H2,1H3,(H,9,10). The van der Waals surface area contributed by atoms with E-state index in [9.17, 15) is 18.0 Å². The maximum atomic E-state index is 13.0. The molecule has 1 aromatic carbocycles. The molecule has 2 unspecified atom stereocenters. The van der Waals surface area contributed by atoms with Crippen molar-refractivity contribution in [3.8, 4) is 0 Å². The van der Waals surface area contributed by atoms with Crippen LogP contribution in [-0.4, -0.2) is 60.0 Å². The molecule has 2 atom stereocenters. The normalized spacial score (nSPS) is 26.2. The summed E-state index contributed by atoms with van der Waals surface area (Å²) < 4.78 is 39.1. The molecule has 0 spiro atoms. The van der Waals surface area contributed by atoms with Crippen LogP contribution >= 0.6 is 0 Å². The van der Waals surface area contributed by atoms with Gasteiger partial charge in [-0.1, -0.05) is 18.2 Å². The van der Waals surface area contributed by atoms with E-state index in [4.69, 9.17) is 0 Å². The van der Waals surface area contributed by atoms with Gasteiger partial charge in [0.15, 0.2) is 6.29 Å². The van der Waals surface area contributed by atoms with E-state index in [2.05, 4.69) is 34.1 Å². The lowest BCUT2D eigenvalue weighted by atomic mass is 9.91. The second-order valence-electron chi connectivity index (χ2n) is 9.17. The minimum atomic E-state index is -4.23. The molecular weight excluding hydrogens is 405 g/mol. The van der Waals surface area contributed by atoms with Crippen LogP contribution < -0.4 is 0 Å². The maximum Gasteiger partial charge on any atom is 0.416 e. The van der Waals surface area contributed by atoms with Gasteiger partial charge >= 0.3 is 6.18 Å². The summed E-state index contributed by atoms with van der Waals surface area (Å²) in [4.78, 5) is 15.0. The molecule has 1 aliphatic carbocycles. The first kappa shape index (κ1) is 22.0. The molecule has 3 heterocycles. The lowest BCUT2D eigenvalue weighted by molar-refractivity contribution is -0.138. The number of rotatable bonds is 2. The number of halogens is 3. The number of nitrogens with zero attached hydrogens (tertiary/aromatic N) is 3.